The highest BCUT2D eigenvalue weighted by Gasteiger charge is 2.71. The Bertz CT molecular complexity index is 552. The van der Waals surface area contributed by atoms with Crippen LogP contribution in [0.2, 0.25) is 0 Å². The van der Waals surface area contributed by atoms with E-state index >= 15 is 0 Å². The Hall–Kier alpha value is -1.32. The van der Waals surface area contributed by atoms with Gasteiger partial charge in [-0.15, -0.1) is 0 Å². The van der Waals surface area contributed by atoms with Crippen molar-refractivity contribution in [3.8, 4) is 0 Å². The monoisotopic (exact) mass is 320 g/mol. The molecule has 7 atom stereocenters. The number of ether oxygens (including phenoxy) is 2. The van der Waals surface area contributed by atoms with E-state index in [9.17, 15) is 9.59 Å². The first kappa shape index (κ1) is 16.5. The zero-order valence-corrected chi connectivity index (χ0v) is 14.8. The topological polar surface area (TPSA) is 52.6 Å². The zero-order chi connectivity index (χ0) is 17.1. The molecule has 128 valence electrons. The predicted octanol–water partition coefficient (Wildman–Crippen LogP) is 3.35. The van der Waals surface area contributed by atoms with Crippen LogP contribution in [0.25, 0.3) is 0 Å². The zero-order valence-electron chi connectivity index (χ0n) is 14.8. The third kappa shape index (κ3) is 2.50. The van der Waals surface area contributed by atoms with Crippen molar-refractivity contribution in [1.82, 2.24) is 0 Å². The van der Waals surface area contributed by atoms with Crippen LogP contribution in [0.4, 0.5) is 0 Å². The first-order valence-electron chi connectivity index (χ1n) is 8.69. The van der Waals surface area contributed by atoms with Gasteiger partial charge in [0, 0.05) is 25.7 Å². The molecule has 4 nitrogen and oxygen atoms in total. The number of carbonyl (C=O) groups excluding carboxylic acids is 2. The molecule has 4 heteroatoms. The second-order valence-corrected chi connectivity index (χ2v) is 8.29. The Balaban J connectivity index is 1.90. The van der Waals surface area contributed by atoms with Gasteiger partial charge in [0.2, 0.25) is 0 Å². The second-order valence-electron chi connectivity index (χ2n) is 8.29. The van der Waals surface area contributed by atoms with Crippen LogP contribution in [0.3, 0.4) is 0 Å². The van der Waals surface area contributed by atoms with Crippen molar-refractivity contribution in [1.29, 1.82) is 0 Å². The first-order valence-corrected chi connectivity index (χ1v) is 8.69. The molecule has 0 saturated heterocycles. The third-order valence-corrected chi connectivity index (χ3v) is 6.33. The quantitative estimate of drug-likeness (QED) is 0.591. The molecule has 3 aliphatic carbocycles. The molecule has 0 spiro atoms. The van der Waals surface area contributed by atoms with Crippen molar-refractivity contribution in [2.45, 2.75) is 59.7 Å². The molecule has 0 aromatic rings. The van der Waals surface area contributed by atoms with Crippen molar-refractivity contribution in [2.75, 3.05) is 0 Å². The molecular weight excluding hydrogens is 292 g/mol. The van der Waals surface area contributed by atoms with E-state index in [0.29, 0.717) is 30.1 Å². The predicted molar refractivity (Wildman–Crippen MR) is 86.4 cm³/mol. The van der Waals surface area contributed by atoms with Crippen LogP contribution in [0, 0.1) is 35.0 Å². The Morgan fingerprint density at radius 2 is 1.83 bits per heavy atom. The average molecular weight is 320 g/mol. The summed E-state index contributed by atoms with van der Waals surface area (Å²) < 4.78 is 11.2. The summed E-state index contributed by atoms with van der Waals surface area (Å²) in [5.41, 5.74) is 1.000. The lowest BCUT2D eigenvalue weighted by Gasteiger charge is -2.49. The molecule has 3 rings (SSSR count). The number of carbonyl (C=O) groups is 2. The van der Waals surface area contributed by atoms with E-state index in [1.165, 1.54) is 13.8 Å². The Morgan fingerprint density at radius 3 is 2.35 bits per heavy atom. The lowest BCUT2D eigenvalue weighted by atomic mass is 9.61. The minimum absolute atomic E-state index is 0.165. The largest absolute Gasteiger partial charge is 0.458 e. The number of hydrogen-bond donors (Lipinski definition) is 0. The van der Waals surface area contributed by atoms with Crippen LogP contribution in [-0.2, 0) is 19.1 Å². The maximum Gasteiger partial charge on any atom is 0.303 e. The van der Waals surface area contributed by atoms with Crippen LogP contribution >= 0.6 is 0 Å². The highest BCUT2D eigenvalue weighted by molar-refractivity contribution is 5.67. The summed E-state index contributed by atoms with van der Waals surface area (Å²) >= 11 is 0. The maximum absolute atomic E-state index is 11.6. The molecule has 7 unspecified atom stereocenters. The van der Waals surface area contributed by atoms with Crippen LogP contribution in [0.5, 0.6) is 0 Å². The highest BCUT2D eigenvalue weighted by atomic mass is 16.6. The van der Waals surface area contributed by atoms with Gasteiger partial charge in [-0.3, -0.25) is 9.59 Å². The fourth-order valence-corrected chi connectivity index (χ4v) is 5.84. The summed E-state index contributed by atoms with van der Waals surface area (Å²) in [6, 6.07) is 0. The van der Waals surface area contributed by atoms with Gasteiger partial charge < -0.3 is 9.47 Å². The van der Waals surface area contributed by atoms with E-state index in [-0.39, 0.29) is 23.5 Å². The average Bonchev–Trinajstić information content (AvgIpc) is 2.97. The van der Waals surface area contributed by atoms with Gasteiger partial charge in [0.1, 0.15) is 12.2 Å². The minimum atomic E-state index is -0.403. The summed E-state index contributed by atoms with van der Waals surface area (Å²) in [7, 11) is 0. The van der Waals surface area contributed by atoms with Crippen molar-refractivity contribution < 1.29 is 19.1 Å². The lowest BCUT2D eigenvalue weighted by molar-refractivity contribution is -0.185. The van der Waals surface area contributed by atoms with Gasteiger partial charge in [-0.2, -0.15) is 0 Å². The lowest BCUT2D eigenvalue weighted by Crippen LogP contribution is -2.53. The molecule has 0 aromatic carbocycles. The van der Waals surface area contributed by atoms with Crippen LogP contribution in [0.15, 0.2) is 12.2 Å². The van der Waals surface area contributed by atoms with Crippen LogP contribution < -0.4 is 0 Å². The highest BCUT2D eigenvalue weighted by Crippen LogP contribution is 2.73. The standard InChI is InChI=1S/C19H28O4/c1-9(2)15-13-8-19(6)17(16(13)15)10(3)7-14(22-11(4)20)18(19)23-12(5)21/h9,13-18H,3,7-8H2,1-2,4-6H3. The molecule has 3 fully saturated rings. The SMILES string of the molecule is C=C1CC(OC(C)=O)C(OC(C)=O)C2(C)CC3C(C(C)C)C3C12. The summed E-state index contributed by atoms with van der Waals surface area (Å²) in [5.74, 6) is 2.52. The van der Waals surface area contributed by atoms with Gasteiger partial charge in [0.25, 0.3) is 0 Å². The number of rotatable bonds is 3. The van der Waals surface area contributed by atoms with E-state index in [0.717, 1.165) is 17.9 Å². The molecule has 0 radical (unpaired) electrons. The molecule has 0 bridgehead atoms. The summed E-state index contributed by atoms with van der Waals surface area (Å²) in [5, 5.41) is 0. The third-order valence-electron chi connectivity index (χ3n) is 6.33. The van der Waals surface area contributed by atoms with Gasteiger partial charge >= 0.3 is 11.9 Å². The van der Waals surface area contributed by atoms with Crippen molar-refractivity contribution >= 4 is 11.9 Å². The summed E-state index contributed by atoms with van der Waals surface area (Å²) in [6.07, 6.45) is 0.867. The van der Waals surface area contributed by atoms with E-state index in [4.69, 9.17) is 9.47 Å². The van der Waals surface area contributed by atoms with Crippen molar-refractivity contribution in [2.24, 2.45) is 35.0 Å². The van der Waals surface area contributed by atoms with Gasteiger partial charge in [-0.1, -0.05) is 32.9 Å². The normalized spacial score (nSPS) is 44.5. The minimum Gasteiger partial charge on any atom is -0.458 e. The van der Waals surface area contributed by atoms with E-state index in [2.05, 4.69) is 27.4 Å². The van der Waals surface area contributed by atoms with Gasteiger partial charge in [-0.05, 0) is 36.0 Å². The van der Waals surface area contributed by atoms with Gasteiger partial charge in [-0.25, -0.2) is 0 Å². The van der Waals surface area contributed by atoms with E-state index in [1.54, 1.807) is 0 Å². The number of fused-ring (bicyclic) bond motifs is 3. The maximum atomic E-state index is 11.6. The van der Waals surface area contributed by atoms with Crippen LogP contribution in [0.1, 0.15) is 47.5 Å². The molecule has 0 N–H and O–H groups in total. The number of esters is 2. The van der Waals surface area contributed by atoms with E-state index in [1.807, 2.05) is 0 Å². The first-order chi connectivity index (χ1) is 10.7. The Kier molecular flexibility index (Phi) is 3.85. The molecule has 0 aromatic heterocycles. The molecular formula is C19H28O4. The van der Waals surface area contributed by atoms with Crippen LogP contribution in [-0.4, -0.2) is 24.1 Å². The fourth-order valence-electron chi connectivity index (χ4n) is 5.84. The van der Waals surface area contributed by atoms with Gasteiger partial charge in [0.05, 0.1) is 0 Å². The number of hydrogen-bond acceptors (Lipinski definition) is 4. The summed E-state index contributed by atoms with van der Waals surface area (Å²) in [6.45, 7) is 13.9. The second kappa shape index (κ2) is 5.35. The summed E-state index contributed by atoms with van der Waals surface area (Å²) in [4.78, 5) is 23.1. The van der Waals surface area contributed by atoms with Gasteiger partial charge in [0.15, 0.2) is 0 Å². The fraction of sp³-hybridized carbons (Fsp3) is 0.789. The van der Waals surface area contributed by atoms with Crippen molar-refractivity contribution in [3.63, 3.8) is 0 Å². The molecule has 0 amide bonds. The molecule has 3 saturated carbocycles. The Morgan fingerprint density at radius 1 is 1.22 bits per heavy atom. The molecule has 23 heavy (non-hydrogen) atoms. The molecule has 0 heterocycles. The molecule has 0 aliphatic heterocycles. The van der Waals surface area contributed by atoms with E-state index < -0.39 is 6.10 Å². The molecule has 3 aliphatic rings. The smallest absolute Gasteiger partial charge is 0.303 e. The van der Waals surface area contributed by atoms with Crippen molar-refractivity contribution in [3.05, 3.63) is 12.2 Å². The Labute approximate surface area is 138 Å².